The highest BCUT2D eigenvalue weighted by Crippen LogP contribution is 2.32. The van der Waals surface area contributed by atoms with E-state index in [0.29, 0.717) is 35.8 Å². The summed E-state index contributed by atoms with van der Waals surface area (Å²) >= 11 is 4.66. The van der Waals surface area contributed by atoms with Crippen LogP contribution in [0.3, 0.4) is 0 Å². The van der Waals surface area contributed by atoms with Crippen LogP contribution < -0.4 is 5.32 Å². The molecule has 36 heavy (non-hydrogen) atoms. The quantitative estimate of drug-likeness (QED) is 0.230. The Balaban J connectivity index is 1.20. The minimum absolute atomic E-state index is 0.0135. The summed E-state index contributed by atoms with van der Waals surface area (Å²) in [6.07, 6.45) is 5.15. The molecule has 0 atom stereocenters. The number of anilines is 1. The summed E-state index contributed by atoms with van der Waals surface area (Å²) in [6.45, 7) is 7.02. The van der Waals surface area contributed by atoms with Gasteiger partial charge < -0.3 is 10.2 Å². The predicted molar refractivity (Wildman–Crippen MR) is 147 cm³/mol. The molecule has 1 aromatic carbocycles. The van der Waals surface area contributed by atoms with Crippen molar-refractivity contribution in [2.75, 3.05) is 24.2 Å². The zero-order valence-electron chi connectivity index (χ0n) is 19.8. The van der Waals surface area contributed by atoms with E-state index in [1.807, 2.05) is 47.5 Å². The van der Waals surface area contributed by atoms with E-state index in [9.17, 15) is 9.59 Å². The van der Waals surface area contributed by atoms with Gasteiger partial charge in [-0.05, 0) is 50.1 Å². The second-order valence-electron chi connectivity index (χ2n) is 8.46. The van der Waals surface area contributed by atoms with E-state index in [2.05, 4.69) is 26.8 Å². The van der Waals surface area contributed by atoms with Gasteiger partial charge in [0.15, 0.2) is 0 Å². The van der Waals surface area contributed by atoms with Crippen LogP contribution in [0.25, 0.3) is 10.2 Å². The van der Waals surface area contributed by atoms with Crippen LogP contribution in [0, 0.1) is 6.92 Å². The molecule has 0 bridgehead atoms. The molecular formula is C26H25N5O2S3. The maximum atomic E-state index is 13.2. The van der Waals surface area contributed by atoms with Crippen molar-refractivity contribution in [3.05, 3.63) is 75.8 Å². The number of nitrogens with one attached hydrogen (secondary N) is 1. The van der Waals surface area contributed by atoms with Crippen molar-refractivity contribution in [3.63, 3.8) is 0 Å². The molecule has 1 aliphatic heterocycles. The number of rotatable bonds is 7. The van der Waals surface area contributed by atoms with E-state index < -0.39 is 0 Å². The molecule has 1 N–H and O–H groups in total. The number of pyridine rings is 1. The monoisotopic (exact) mass is 535 g/mol. The van der Waals surface area contributed by atoms with Crippen molar-refractivity contribution in [2.24, 2.45) is 0 Å². The number of amides is 2. The number of thiazole rings is 2. The molecule has 2 amide bonds. The summed E-state index contributed by atoms with van der Waals surface area (Å²) in [4.78, 5) is 41.4. The maximum Gasteiger partial charge on any atom is 0.275 e. The summed E-state index contributed by atoms with van der Waals surface area (Å²) in [6, 6.07) is 9.40. The first-order chi connectivity index (χ1) is 17.5. The largest absolute Gasteiger partial charge is 0.339 e. The first-order valence-electron chi connectivity index (χ1n) is 11.6. The molecule has 1 fully saturated rings. The van der Waals surface area contributed by atoms with Gasteiger partial charge in [-0.15, -0.1) is 41.0 Å². The summed E-state index contributed by atoms with van der Waals surface area (Å²) in [5.74, 6) is 0.731. The highest BCUT2D eigenvalue weighted by Gasteiger charge is 2.28. The molecule has 0 saturated carbocycles. The summed E-state index contributed by atoms with van der Waals surface area (Å²) < 4.78 is 1.10. The molecular weight excluding hydrogens is 511 g/mol. The highest BCUT2D eigenvalue weighted by atomic mass is 32.2. The number of piperidine rings is 1. The second-order valence-corrected chi connectivity index (χ2v) is 11.6. The molecule has 184 valence electrons. The molecule has 10 heteroatoms. The average molecular weight is 536 g/mol. The van der Waals surface area contributed by atoms with Gasteiger partial charge in [-0.1, -0.05) is 6.08 Å². The van der Waals surface area contributed by atoms with E-state index in [4.69, 9.17) is 0 Å². The topological polar surface area (TPSA) is 88.1 Å². The number of benzene rings is 1. The minimum Gasteiger partial charge on any atom is -0.339 e. The highest BCUT2D eigenvalue weighted by molar-refractivity contribution is 7.99. The fourth-order valence-corrected chi connectivity index (χ4v) is 6.70. The van der Waals surface area contributed by atoms with Gasteiger partial charge in [0.05, 0.1) is 25.8 Å². The molecule has 4 heterocycles. The van der Waals surface area contributed by atoms with Crippen molar-refractivity contribution < 1.29 is 9.59 Å². The minimum atomic E-state index is -0.224. The lowest BCUT2D eigenvalue weighted by Crippen LogP contribution is -2.38. The SMILES string of the molecule is C=CCSc1ncccc1C(=O)N1CCC(c2nc(C(=O)Nc3ccc4sc(C)nc4c3)cs2)CC1. The number of hydrogen-bond donors (Lipinski definition) is 1. The standard InChI is InChI=1S/C26H25N5O2S3/c1-3-13-34-25-19(5-4-10-27-25)26(33)31-11-8-17(9-12-31)24-30-21(15-35-24)23(32)29-18-6-7-22-20(14-18)28-16(2)36-22/h3-7,10,14-15,17H,1,8-9,11-13H2,2H3,(H,29,32). The number of hydrogen-bond acceptors (Lipinski definition) is 8. The third-order valence-electron chi connectivity index (χ3n) is 5.98. The second kappa shape index (κ2) is 10.9. The summed E-state index contributed by atoms with van der Waals surface area (Å²) in [7, 11) is 0. The van der Waals surface area contributed by atoms with Crippen molar-refractivity contribution in [1.82, 2.24) is 19.9 Å². The Labute approximate surface area is 221 Å². The third-order valence-corrected chi connectivity index (χ3v) is 8.94. The molecule has 3 aromatic heterocycles. The number of likely N-dealkylation sites (tertiary alicyclic amines) is 1. The Morgan fingerprint density at radius 1 is 1.25 bits per heavy atom. The van der Waals surface area contributed by atoms with Crippen LogP contribution >= 0.6 is 34.4 Å². The van der Waals surface area contributed by atoms with Crippen molar-refractivity contribution in [3.8, 4) is 0 Å². The Bertz CT molecular complexity index is 1420. The van der Waals surface area contributed by atoms with Crippen LogP contribution in [-0.4, -0.2) is 50.5 Å². The van der Waals surface area contributed by atoms with Gasteiger partial charge in [0.2, 0.25) is 0 Å². The van der Waals surface area contributed by atoms with Gasteiger partial charge >= 0.3 is 0 Å². The number of nitrogens with zero attached hydrogens (tertiary/aromatic N) is 4. The number of thioether (sulfide) groups is 1. The lowest BCUT2D eigenvalue weighted by Gasteiger charge is -2.31. The van der Waals surface area contributed by atoms with E-state index in [0.717, 1.165) is 38.1 Å². The molecule has 1 aliphatic rings. The smallest absolute Gasteiger partial charge is 0.275 e. The van der Waals surface area contributed by atoms with Gasteiger partial charge in [-0.3, -0.25) is 9.59 Å². The summed E-state index contributed by atoms with van der Waals surface area (Å²) in [5.41, 5.74) is 2.65. The average Bonchev–Trinajstić information content (AvgIpc) is 3.53. The van der Waals surface area contributed by atoms with Crippen molar-refractivity contribution in [1.29, 1.82) is 0 Å². The molecule has 0 aliphatic carbocycles. The third kappa shape index (κ3) is 5.35. The molecule has 4 aromatic rings. The lowest BCUT2D eigenvalue weighted by molar-refractivity contribution is 0.0708. The van der Waals surface area contributed by atoms with E-state index in [1.54, 1.807) is 23.6 Å². The number of aromatic nitrogens is 3. The zero-order valence-corrected chi connectivity index (χ0v) is 22.2. The van der Waals surface area contributed by atoms with Crippen LogP contribution in [0.5, 0.6) is 0 Å². The van der Waals surface area contributed by atoms with E-state index in [1.165, 1.54) is 23.1 Å². The van der Waals surface area contributed by atoms with Gasteiger partial charge in [-0.25, -0.2) is 15.0 Å². The first-order valence-corrected chi connectivity index (χ1v) is 14.3. The molecule has 1 saturated heterocycles. The van der Waals surface area contributed by atoms with E-state index in [-0.39, 0.29) is 17.7 Å². The molecule has 0 radical (unpaired) electrons. The Morgan fingerprint density at radius 2 is 2.08 bits per heavy atom. The maximum absolute atomic E-state index is 13.2. The fourth-order valence-electron chi connectivity index (χ4n) is 4.20. The zero-order chi connectivity index (χ0) is 25.1. The van der Waals surface area contributed by atoms with Gasteiger partial charge in [0.25, 0.3) is 11.8 Å². The molecule has 0 spiro atoms. The van der Waals surface area contributed by atoms with Crippen LogP contribution in [0.2, 0.25) is 0 Å². The number of carbonyl (C=O) groups is 2. The number of aryl methyl sites for hydroxylation is 1. The number of fused-ring (bicyclic) bond motifs is 1. The fraction of sp³-hybridized carbons (Fsp3) is 0.269. The van der Waals surface area contributed by atoms with E-state index >= 15 is 0 Å². The van der Waals surface area contributed by atoms with Crippen LogP contribution in [-0.2, 0) is 0 Å². The number of carbonyl (C=O) groups excluding carboxylic acids is 2. The normalized spacial score (nSPS) is 14.2. The lowest BCUT2D eigenvalue weighted by atomic mass is 9.97. The molecule has 7 nitrogen and oxygen atoms in total. The Hall–Kier alpha value is -3.08. The van der Waals surface area contributed by atoms with Crippen molar-refractivity contribution >= 4 is 62.2 Å². The van der Waals surface area contributed by atoms with Gasteiger partial charge in [-0.2, -0.15) is 0 Å². The Kier molecular flexibility index (Phi) is 7.45. The van der Waals surface area contributed by atoms with Crippen LogP contribution in [0.15, 0.2) is 59.6 Å². The Morgan fingerprint density at radius 3 is 2.89 bits per heavy atom. The van der Waals surface area contributed by atoms with Crippen LogP contribution in [0.4, 0.5) is 5.69 Å². The first kappa shape index (κ1) is 24.6. The molecule has 0 unspecified atom stereocenters. The van der Waals surface area contributed by atoms with Gasteiger partial charge in [0, 0.05) is 42.0 Å². The van der Waals surface area contributed by atoms with Crippen LogP contribution in [0.1, 0.15) is 49.6 Å². The van der Waals surface area contributed by atoms with Crippen molar-refractivity contribution in [2.45, 2.75) is 30.7 Å². The predicted octanol–water partition coefficient (Wildman–Crippen LogP) is 6.01. The van der Waals surface area contributed by atoms with Gasteiger partial charge in [0.1, 0.15) is 10.7 Å². The summed E-state index contributed by atoms with van der Waals surface area (Å²) in [5, 5.41) is 7.43. The molecule has 5 rings (SSSR count).